The number of rotatable bonds is 4. The molecule has 0 saturated heterocycles. The van der Waals surface area contributed by atoms with E-state index in [9.17, 15) is 5.26 Å². The van der Waals surface area contributed by atoms with Crippen LogP contribution in [0, 0.1) is 11.3 Å². The second-order valence-electron chi connectivity index (χ2n) is 10.6. The van der Waals surface area contributed by atoms with Crippen molar-refractivity contribution in [3.05, 3.63) is 145 Å². The van der Waals surface area contributed by atoms with E-state index >= 15 is 0 Å². The Hall–Kier alpha value is -6.05. The minimum absolute atomic E-state index is 0.595. The topological polar surface area (TPSA) is 62.7 Å². The number of aromatic nitrogens is 2. The molecule has 8 rings (SSSR count). The zero-order valence-corrected chi connectivity index (χ0v) is 23.0. The molecule has 0 aliphatic rings. The molecule has 0 bridgehead atoms. The fourth-order valence-electron chi connectivity index (χ4n) is 5.72. The lowest BCUT2D eigenvalue weighted by Crippen LogP contribution is -1.96. The number of hydrogen-bond donors (Lipinski definition) is 0. The first kappa shape index (κ1) is 24.7. The van der Waals surface area contributed by atoms with E-state index in [4.69, 9.17) is 14.4 Å². The maximum absolute atomic E-state index is 9.44. The Labute approximate surface area is 248 Å². The van der Waals surface area contributed by atoms with Gasteiger partial charge in [-0.05, 0) is 52.9 Å². The third-order valence-corrected chi connectivity index (χ3v) is 7.92. The van der Waals surface area contributed by atoms with Crippen molar-refractivity contribution in [3.63, 3.8) is 0 Å². The van der Waals surface area contributed by atoms with Crippen molar-refractivity contribution >= 4 is 32.7 Å². The van der Waals surface area contributed by atoms with Crippen LogP contribution in [0.25, 0.3) is 77.7 Å². The molecular weight excluding hydrogens is 526 g/mol. The van der Waals surface area contributed by atoms with Crippen molar-refractivity contribution in [2.45, 2.75) is 0 Å². The first-order valence-electron chi connectivity index (χ1n) is 14.1. The number of furan rings is 1. The summed E-state index contributed by atoms with van der Waals surface area (Å²) in [5, 5.41) is 14.0. The quantitative estimate of drug-likeness (QED) is 0.219. The lowest BCUT2D eigenvalue weighted by atomic mass is 10.0. The maximum Gasteiger partial charge on any atom is 0.160 e. The van der Waals surface area contributed by atoms with Crippen molar-refractivity contribution in [3.8, 4) is 51.1 Å². The summed E-state index contributed by atoms with van der Waals surface area (Å²) in [6.07, 6.45) is 0. The summed E-state index contributed by atoms with van der Waals surface area (Å²) < 4.78 is 6.41. The van der Waals surface area contributed by atoms with Gasteiger partial charge in [-0.3, -0.25) is 0 Å². The van der Waals surface area contributed by atoms with Gasteiger partial charge in [0.2, 0.25) is 0 Å². The van der Waals surface area contributed by atoms with E-state index < -0.39 is 0 Å². The van der Waals surface area contributed by atoms with Gasteiger partial charge in [-0.25, -0.2) is 9.97 Å². The van der Waals surface area contributed by atoms with Crippen LogP contribution in [-0.4, -0.2) is 9.97 Å². The third kappa shape index (κ3) is 4.41. The third-order valence-electron chi connectivity index (χ3n) is 7.92. The second kappa shape index (κ2) is 10.1. The van der Waals surface area contributed by atoms with Crippen molar-refractivity contribution in [1.82, 2.24) is 9.97 Å². The fraction of sp³-hybridized carbons (Fsp3) is 0. The van der Waals surface area contributed by atoms with Crippen molar-refractivity contribution < 1.29 is 4.42 Å². The molecule has 0 aliphatic carbocycles. The van der Waals surface area contributed by atoms with Gasteiger partial charge < -0.3 is 4.42 Å². The van der Waals surface area contributed by atoms with E-state index in [0.717, 1.165) is 66.5 Å². The van der Waals surface area contributed by atoms with Crippen LogP contribution >= 0.6 is 0 Å². The molecule has 0 unspecified atom stereocenters. The molecule has 2 aromatic heterocycles. The van der Waals surface area contributed by atoms with E-state index in [-0.39, 0.29) is 0 Å². The highest BCUT2D eigenvalue weighted by Crippen LogP contribution is 2.36. The highest BCUT2D eigenvalue weighted by molar-refractivity contribution is 6.15. The Morgan fingerprint density at radius 3 is 2.02 bits per heavy atom. The Kier molecular flexibility index (Phi) is 5.80. The molecule has 0 atom stereocenters. The van der Waals surface area contributed by atoms with E-state index in [1.165, 1.54) is 5.39 Å². The SMILES string of the molecule is N#Cc1cccc(-c2cc(-c3ccccc3)nc(-c3ccc(-c4ccc5c(c4)oc4c6ccccc6ccc54)cc3)n2)c1. The average Bonchev–Trinajstić information content (AvgIpc) is 3.47. The monoisotopic (exact) mass is 549 g/mol. The number of hydrogen-bond acceptors (Lipinski definition) is 4. The fourth-order valence-corrected chi connectivity index (χ4v) is 5.72. The largest absolute Gasteiger partial charge is 0.455 e. The standard InChI is InChI=1S/C39H23N3O/c40-24-25-7-6-11-31(21-25)36-23-35(28-9-2-1-3-10-28)41-39(42-36)29-15-13-26(14-16-29)30-18-19-33-34-20-17-27-8-4-5-12-32(27)38(34)43-37(33)22-30/h1-23H. The summed E-state index contributed by atoms with van der Waals surface area (Å²) >= 11 is 0. The normalized spacial score (nSPS) is 11.2. The van der Waals surface area contributed by atoms with E-state index in [2.05, 4.69) is 78.9 Å². The molecular formula is C39H23N3O. The van der Waals surface area contributed by atoms with Gasteiger partial charge in [-0.15, -0.1) is 0 Å². The van der Waals surface area contributed by atoms with Crippen LogP contribution in [0.4, 0.5) is 0 Å². The Morgan fingerprint density at radius 1 is 0.488 bits per heavy atom. The summed E-state index contributed by atoms with van der Waals surface area (Å²) in [4.78, 5) is 9.88. The van der Waals surface area contributed by atoms with E-state index in [1.807, 2.05) is 60.7 Å². The number of nitrogens with zero attached hydrogens (tertiary/aromatic N) is 3. The van der Waals surface area contributed by atoms with Gasteiger partial charge >= 0.3 is 0 Å². The summed E-state index contributed by atoms with van der Waals surface area (Å²) in [7, 11) is 0. The molecule has 0 aliphatic heterocycles. The molecule has 0 radical (unpaired) electrons. The predicted octanol–water partition coefficient (Wildman–Crippen LogP) is 10.1. The summed E-state index contributed by atoms with van der Waals surface area (Å²) in [5.74, 6) is 0.630. The van der Waals surface area contributed by atoms with Gasteiger partial charge in [0.15, 0.2) is 5.82 Å². The van der Waals surface area contributed by atoms with Crippen LogP contribution < -0.4 is 0 Å². The van der Waals surface area contributed by atoms with Crippen LogP contribution in [0.5, 0.6) is 0 Å². The molecule has 4 heteroatoms. The first-order chi connectivity index (χ1) is 21.2. The molecule has 0 spiro atoms. The van der Waals surface area contributed by atoms with Gasteiger partial charge in [0.25, 0.3) is 0 Å². The van der Waals surface area contributed by atoms with Crippen molar-refractivity contribution in [2.24, 2.45) is 0 Å². The van der Waals surface area contributed by atoms with Gasteiger partial charge in [0, 0.05) is 32.8 Å². The molecule has 4 nitrogen and oxygen atoms in total. The highest BCUT2D eigenvalue weighted by Gasteiger charge is 2.13. The Bertz CT molecular complexity index is 2350. The predicted molar refractivity (Wildman–Crippen MR) is 173 cm³/mol. The maximum atomic E-state index is 9.44. The highest BCUT2D eigenvalue weighted by atomic mass is 16.3. The molecule has 2 heterocycles. The molecule has 8 aromatic rings. The number of nitriles is 1. The lowest BCUT2D eigenvalue weighted by molar-refractivity contribution is 0.673. The summed E-state index contributed by atoms with van der Waals surface area (Å²) in [6.45, 7) is 0. The molecule has 6 aromatic carbocycles. The summed E-state index contributed by atoms with van der Waals surface area (Å²) in [6, 6.07) is 49.2. The van der Waals surface area contributed by atoms with Crippen molar-refractivity contribution in [1.29, 1.82) is 5.26 Å². The van der Waals surface area contributed by atoms with Crippen LogP contribution in [0.15, 0.2) is 144 Å². The van der Waals surface area contributed by atoms with Crippen LogP contribution in [0.1, 0.15) is 5.56 Å². The van der Waals surface area contributed by atoms with Crippen LogP contribution in [0.2, 0.25) is 0 Å². The van der Waals surface area contributed by atoms with Gasteiger partial charge in [-0.1, -0.05) is 103 Å². The van der Waals surface area contributed by atoms with E-state index in [1.54, 1.807) is 6.07 Å². The summed E-state index contributed by atoms with van der Waals surface area (Å²) in [5.41, 5.74) is 8.95. The first-order valence-corrected chi connectivity index (χ1v) is 14.1. The van der Waals surface area contributed by atoms with Crippen LogP contribution in [-0.2, 0) is 0 Å². The van der Waals surface area contributed by atoms with Gasteiger partial charge in [0.05, 0.1) is 23.0 Å². The van der Waals surface area contributed by atoms with Gasteiger partial charge in [-0.2, -0.15) is 5.26 Å². The van der Waals surface area contributed by atoms with Crippen molar-refractivity contribution in [2.75, 3.05) is 0 Å². The minimum atomic E-state index is 0.595. The Morgan fingerprint density at radius 2 is 1.19 bits per heavy atom. The van der Waals surface area contributed by atoms with E-state index in [0.29, 0.717) is 11.4 Å². The number of fused-ring (bicyclic) bond motifs is 5. The Balaban J connectivity index is 1.19. The zero-order chi connectivity index (χ0) is 28.8. The molecule has 0 N–H and O–H groups in total. The molecule has 0 fully saturated rings. The molecule has 43 heavy (non-hydrogen) atoms. The zero-order valence-electron chi connectivity index (χ0n) is 23.0. The lowest BCUT2D eigenvalue weighted by Gasteiger charge is -2.10. The van der Waals surface area contributed by atoms with Crippen LogP contribution in [0.3, 0.4) is 0 Å². The number of benzene rings is 6. The second-order valence-corrected chi connectivity index (χ2v) is 10.6. The minimum Gasteiger partial charge on any atom is -0.455 e. The average molecular weight is 550 g/mol. The molecule has 0 saturated carbocycles. The molecule has 0 amide bonds. The van der Waals surface area contributed by atoms with Gasteiger partial charge in [0.1, 0.15) is 11.2 Å². The smallest absolute Gasteiger partial charge is 0.160 e. The molecule has 200 valence electrons.